The van der Waals surface area contributed by atoms with Gasteiger partial charge in [-0.2, -0.15) is 0 Å². The van der Waals surface area contributed by atoms with Gasteiger partial charge in [-0.1, -0.05) is 57.0 Å². The van der Waals surface area contributed by atoms with Crippen LogP contribution in [0.1, 0.15) is 45.2 Å². The number of hydrogen-bond acceptors (Lipinski definition) is 2. The van der Waals surface area contributed by atoms with Crippen molar-refractivity contribution in [2.45, 2.75) is 52.5 Å². The first kappa shape index (κ1) is 14.6. The summed E-state index contributed by atoms with van der Waals surface area (Å²) in [5.74, 6) is 1.87. The molecule has 0 amide bonds. The molecule has 3 nitrogen and oxygen atoms in total. The number of anilines is 1. The van der Waals surface area contributed by atoms with Gasteiger partial charge in [0.25, 0.3) is 0 Å². The molecule has 3 heteroatoms. The summed E-state index contributed by atoms with van der Waals surface area (Å²) in [5.41, 5.74) is 8.53. The van der Waals surface area contributed by atoms with E-state index in [1.807, 2.05) is 6.07 Å². The van der Waals surface area contributed by atoms with Crippen LogP contribution in [0.2, 0.25) is 0 Å². The van der Waals surface area contributed by atoms with Crippen LogP contribution in [0.25, 0.3) is 11.4 Å². The molecule has 0 aliphatic heterocycles. The van der Waals surface area contributed by atoms with E-state index in [1.54, 1.807) is 0 Å². The predicted molar refractivity (Wildman–Crippen MR) is 85.6 cm³/mol. The lowest BCUT2D eigenvalue weighted by Crippen LogP contribution is -2.05. The molecule has 1 aromatic heterocycles. The first-order valence-corrected chi connectivity index (χ1v) is 7.68. The van der Waals surface area contributed by atoms with Crippen molar-refractivity contribution in [3.8, 4) is 11.4 Å². The van der Waals surface area contributed by atoms with Gasteiger partial charge in [0.1, 0.15) is 11.6 Å². The van der Waals surface area contributed by atoms with Gasteiger partial charge in [-0.15, -0.1) is 0 Å². The minimum atomic E-state index is 0.853. The van der Waals surface area contributed by atoms with Gasteiger partial charge >= 0.3 is 0 Å². The van der Waals surface area contributed by atoms with Crippen LogP contribution >= 0.6 is 0 Å². The van der Waals surface area contributed by atoms with E-state index in [0.29, 0.717) is 0 Å². The smallest absolute Gasteiger partial charge is 0.141 e. The van der Waals surface area contributed by atoms with Gasteiger partial charge in [-0.25, -0.2) is 4.98 Å². The minimum Gasteiger partial charge on any atom is -0.384 e. The zero-order valence-electron chi connectivity index (χ0n) is 12.6. The highest BCUT2D eigenvalue weighted by atomic mass is 15.1. The zero-order valence-corrected chi connectivity index (χ0v) is 12.6. The van der Waals surface area contributed by atoms with Gasteiger partial charge < -0.3 is 10.3 Å². The number of nitrogens with two attached hydrogens (primary N) is 1. The third kappa shape index (κ3) is 3.21. The van der Waals surface area contributed by atoms with E-state index in [0.717, 1.165) is 55.1 Å². The van der Waals surface area contributed by atoms with Crippen molar-refractivity contribution in [3.05, 3.63) is 36.0 Å². The van der Waals surface area contributed by atoms with Gasteiger partial charge in [0.15, 0.2) is 0 Å². The molecule has 0 radical (unpaired) electrons. The molecule has 0 atom stereocenters. The van der Waals surface area contributed by atoms with Gasteiger partial charge in [-0.05, 0) is 19.3 Å². The summed E-state index contributed by atoms with van der Waals surface area (Å²) >= 11 is 0. The number of nitrogen functional groups attached to an aromatic ring is 1. The fraction of sp³-hybridized carbons (Fsp3) is 0.471. The van der Waals surface area contributed by atoms with Gasteiger partial charge in [-0.3, -0.25) is 0 Å². The molecule has 2 rings (SSSR count). The van der Waals surface area contributed by atoms with E-state index in [-0.39, 0.29) is 0 Å². The Kier molecular flexibility index (Phi) is 5.22. The van der Waals surface area contributed by atoms with E-state index in [4.69, 9.17) is 10.7 Å². The quantitative estimate of drug-likeness (QED) is 0.817. The molecule has 2 aromatic rings. The number of hydrogen-bond donors (Lipinski definition) is 1. The molecule has 20 heavy (non-hydrogen) atoms. The first-order valence-electron chi connectivity index (χ1n) is 7.68. The number of aryl methyl sites for hydroxylation is 1. The molecule has 0 saturated heterocycles. The van der Waals surface area contributed by atoms with Crippen molar-refractivity contribution in [2.75, 3.05) is 5.73 Å². The fourth-order valence-electron chi connectivity index (χ4n) is 2.39. The summed E-state index contributed by atoms with van der Waals surface area (Å²) in [6, 6.07) is 10.3. The molecule has 0 spiro atoms. The fourth-order valence-corrected chi connectivity index (χ4v) is 2.39. The lowest BCUT2D eigenvalue weighted by atomic mass is 10.2. The standard InChI is InChI=1S/C17H25N3/c1-3-5-12-15-16(18)20(13-6-4-2)17(19-15)14-10-8-7-9-11-14/h7-11H,3-6,12-13,18H2,1-2H3. The Balaban J connectivity index is 2.37. The van der Waals surface area contributed by atoms with Gasteiger partial charge in [0, 0.05) is 12.1 Å². The summed E-state index contributed by atoms with van der Waals surface area (Å²) in [6.45, 7) is 5.35. The van der Waals surface area contributed by atoms with Crippen molar-refractivity contribution < 1.29 is 0 Å². The SMILES string of the molecule is CCCCc1nc(-c2ccccc2)n(CCCC)c1N. The maximum Gasteiger partial charge on any atom is 0.141 e. The Morgan fingerprint density at radius 1 is 1.05 bits per heavy atom. The van der Waals surface area contributed by atoms with Crippen LogP contribution in [-0.2, 0) is 13.0 Å². The molecule has 0 fully saturated rings. The van der Waals surface area contributed by atoms with Crippen molar-refractivity contribution in [1.82, 2.24) is 9.55 Å². The molecule has 0 aliphatic carbocycles. The summed E-state index contributed by atoms with van der Waals surface area (Å²) in [4.78, 5) is 4.81. The maximum absolute atomic E-state index is 6.32. The van der Waals surface area contributed by atoms with E-state index >= 15 is 0 Å². The summed E-state index contributed by atoms with van der Waals surface area (Å²) in [6.07, 6.45) is 5.58. The Labute approximate surface area is 121 Å². The number of benzene rings is 1. The van der Waals surface area contributed by atoms with Crippen LogP contribution in [0.15, 0.2) is 30.3 Å². The maximum atomic E-state index is 6.32. The van der Waals surface area contributed by atoms with Crippen LogP contribution in [0.5, 0.6) is 0 Å². The number of nitrogens with zero attached hydrogens (tertiary/aromatic N) is 2. The first-order chi connectivity index (χ1) is 9.77. The number of unbranched alkanes of at least 4 members (excludes halogenated alkanes) is 2. The molecule has 0 saturated carbocycles. The lowest BCUT2D eigenvalue weighted by molar-refractivity contribution is 0.642. The van der Waals surface area contributed by atoms with Crippen LogP contribution < -0.4 is 5.73 Å². The molecule has 0 unspecified atom stereocenters. The van der Waals surface area contributed by atoms with E-state index < -0.39 is 0 Å². The molecule has 0 bridgehead atoms. The molecular formula is C17H25N3. The third-order valence-corrected chi connectivity index (χ3v) is 3.62. The van der Waals surface area contributed by atoms with Crippen molar-refractivity contribution in [2.24, 2.45) is 0 Å². The topological polar surface area (TPSA) is 43.8 Å². The number of rotatable bonds is 7. The normalized spacial score (nSPS) is 10.9. The Morgan fingerprint density at radius 2 is 1.75 bits per heavy atom. The van der Waals surface area contributed by atoms with Crippen LogP contribution in [0, 0.1) is 0 Å². The highest BCUT2D eigenvalue weighted by Crippen LogP contribution is 2.25. The van der Waals surface area contributed by atoms with Crippen LogP contribution in [-0.4, -0.2) is 9.55 Å². The molecule has 2 N–H and O–H groups in total. The van der Waals surface area contributed by atoms with E-state index in [2.05, 4.69) is 42.7 Å². The summed E-state index contributed by atoms with van der Waals surface area (Å²) < 4.78 is 2.18. The monoisotopic (exact) mass is 271 g/mol. The molecule has 0 aliphatic rings. The van der Waals surface area contributed by atoms with Crippen LogP contribution in [0.3, 0.4) is 0 Å². The average molecular weight is 271 g/mol. The highest BCUT2D eigenvalue weighted by Gasteiger charge is 2.15. The molecular weight excluding hydrogens is 246 g/mol. The Hall–Kier alpha value is -1.77. The van der Waals surface area contributed by atoms with Crippen LogP contribution in [0.4, 0.5) is 5.82 Å². The second-order valence-electron chi connectivity index (χ2n) is 5.24. The summed E-state index contributed by atoms with van der Waals surface area (Å²) in [7, 11) is 0. The van der Waals surface area contributed by atoms with E-state index in [9.17, 15) is 0 Å². The second kappa shape index (κ2) is 7.13. The minimum absolute atomic E-state index is 0.853. The highest BCUT2D eigenvalue weighted by molar-refractivity contribution is 5.60. The van der Waals surface area contributed by atoms with E-state index in [1.165, 1.54) is 6.42 Å². The zero-order chi connectivity index (χ0) is 14.4. The largest absolute Gasteiger partial charge is 0.384 e. The summed E-state index contributed by atoms with van der Waals surface area (Å²) in [5, 5.41) is 0. The average Bonchev–Trinajstić information content (AvgIpc) is 2.80. The molecule has 1 heterocycles. The second-order valence-corrected chi connectivity index (χ2v) is 5.24. The lowest BCUT2D eigenvalue weighted by Gasteiger charge is -2.09. The Morgan fingerprint density at radius 3 is 2.40 bits per heavy atom. The number of imidazole rings is 1. The number of aromatic nitrogens is 2. The predicted octanol–water partition coefficient (Wildman–Crippen LogP) is 4.28. The molecule has 1 aromatic carbocycles. The van der Waals surface area contributed by atoms with Crippen molar-refractivity contribution >= 4 is 5.82 Å². The van der Waals surface area contributed by atoms with Crippen molar-refractivity contribution in [1.29, 1.82) is 0 Å². The van der Waals surface area contributed by atoms with Gasteiger partial charge in [0.05, 0.1) is 5.69 Å². The molecule has 108 valence electrons. The third-order valence-electron chi connectivity index (χ3n) is 3.62. The Bertz CT molecular complexity index is 529. The van der Waals surface area contributed by atoms with Gasteiger partial charge in [0.2, 0.25) is 0 Å². The van der Waals surface area contributed by atoms with Crippen molar-refractivity contribution in [3.63, 3.8) is 0 Å².